The maximum Gasteiger partial charge on any atom is 0.192 e. The van der Waals surface area contributed by atoms with E-state index in [0.29, 0.717) is 25.9 Å². The van der Waals surface area contributed by atoms with Gasteiger partial charge in [-0.3, -0.25) is 0 Å². The van der Waals surface area contributed by atoms with E-state index in [0.717, 1.165) is 5.56 Å². The molecule has 0 aliphatic carbocycles. The topological polar surface area (TPSA) is 47.9 Å². The van der Waals surface area contributed by atoms with E-state index in [1.54, 1.807) is 0 Å². The van der Waals surface area contributed by atoms with Crippen LogP contribution in [0.25, 0.3) is 0 Å². The molecule has 2 heterocycles. The Morgan fingerprint density at radius 1 is 1.16 bits per heavy atom. The monoisotopic (exact) mass is 554 g/mol. The SMILES string of the molecule is C=CC[C@H]1[C@@]2([C@H](C)CCO)C=C[C@@](CO[Si](C)(C)C(C)(C)C)(C[C@@]1(C#Cc1ccccc1)O[Si](C)(C)C)O2. The molecule has 1 N–H and O–H groups in total. The quantitative estimate of drug-likeness (QED) is 0.187. The van der Waals surface area contributed by atoms with Gasteiger partial charge in [-0.1, -0.05) is 76.0 Å². The van der Waals surface area contributed by atoms with E-state index in [2.05, 4.69) is 91.0 Å². The Bertz CT molecular complexity index is 1060. The summed E-state index contributed by atoms with van der Waals surface area (Å²) in [4.78, 5) is 0. The van der Waals surface area contributed by atoms with Gasteiger partial charge in [-0.05, 0) is 68.7 Å². The third-order valence-electron chi connectivity index (χ3n) is 8.60. The van der Waals surface area contributed by atoms with E-state index in [1.807, 2.05) is 36.4 Å². The fourth-order valence-electron chi connectivity index (χ4n) is 5.64. The molecule has 0 spiro atoms. The molecule has 1 aromatic carbocycles. The van der Waals surface area contributed by atoms with Gasteiger partial charge < -0.3 is 18.7 Å². The smallest absolute Gasteiger partial charge is 0.192 e. The molecule has 0 aromatic heterocycles. The third kappa shape index (κ3) is 6.46. The average molecular weight is 555 g/mol. The lowest BCUT2D eigenvalue weighted by Gasteiger charge is -2.57. The van der Waals surface area contributed by atoms with Crippen LogP contribution in [0.4, 0.5) is 0 Å². The summed E-state index contributed by atoms with van der Waals surface area (Å²) in [6.07, 6.45) is 8.37. The van der Waals surface area contributed by atoms with Crippen LogP contribution in [0.5, 0.6) is 0 Å². The van der Waals surface area contributed by atoms with E-state index in [9.17, 15) is 5.11 Å². The van der Waals surface area contributed by atoms with Crippen LogP contribution in [0.15, 0.2) is 55.1 Å². The Morgan fingerprint density at radius 2 is 1.82 bits per heavy atom. The van der Waals surface area contributed by atoms with Crippen molar-refractivity contribution in [3.63, 3.8) is 0 Å². The van der Waals surface area contributed by atoms with E-state index in [1.165, 1.54) is 0 Å². The lowest BCUT2D eigenvalue weighted by molar-refractivity contribution is -0.237. The van der Waals surface area contributed by atoms with Gasteiger partial charge in [0.15, 0.2) is 16.6 Å². The van der Waals surface area contributed by atoms with Gasteiger partial charge in [0.1, 0.15) is 11.2 Å². The number of benzene rings is 1. The second-order valence-corrected chi connectivity index (χ2v) is 23.0. The van der Waals surface area contributed by atoms with Crippen molar-refractivity contribution in [2.45, 2.75) is 102 Å². The molecule has 2 aliphatic rings. The molecular formula is C32H50O4Si2. The van der Waals surface area contributed by atoms with Crippen LogP contribution in [0.1, 0.15) is 52.5 Å². The fourth-order valence-corrected chi connectivity index (χ4v) is 8.04. The number of aliphatic hydroxyl groups excluding tert-OH is 1. The lowest BCUT2D eigenvalue weighted by Crippen LogP contribution is -2.66. The second-order valence-electron chi connectivity index (χ2n) is 13.8. The number of rotatable bonds is 10. The summed E-state index contributed by atoms with van der Waals surface area (Å²) in [7, 11) is -4.10. The molecule has 4 nitrogen and oxygen atoms in total. The number of hydrogen-bond donors (Lipinski definition) is 1. The van der Waals surface area contributed by atoms with Crippen molar-refractivity contribution in [1.82, 2.24) is 0 Å². The first kappa shape index (κ1) is 31.1. The highest BCUT2D eigenvalue weighted by atomic mass is 28.4. The van der Waals surface area contributed by atoms with Crippen LogP contribution in [0.3, 0.4) is 0 Å². The van der Waals surface area contributed by atoms with Crippen LogP contribution < -0.4 is 0 Å². The summed E-state index contributed by atoms with van der Waals surface area (Å²) >= 11 is 0. The molecule has 2 aliphatic heterocycles. The first-order valence-electron chi connectivity index (χ1n) is 14.1. The summed E-state index contributed by atoms with van der Waals surface area (Å²) in [5.41, 5.74) is -1.07. The Labute approximate surface area is 234 Å². The Balaban J connectivity index is 2.20. The molecule has 0 unspecified atom stereocenters. The number of ether oxygens (including phenoxy) is 1. The zero-order valence-electron chi connectivity index (χ0n) is 25.2. The predicted molar refractivity (Wildman–Crippen MR) is 163 cm³/mol. The fraction of sp³-hybridized carbons (Fsp3) is 0.625. The molecular weight excluding hydrogens is 505 g/mol. The minimum atomic E-state index is -2.07. The number of fused-ring (bicyclic) bond motifs is 2. The summed E-state index contributed by atoms with van der Waals surface area (Å²) in [6.45, 7) is 24.9. The third-order valence-corrected chi connectivity index (χ3v) is 14.1. The molecule has 6 heteroatoms. The summed E-state index contributed by atoms with van der Waals surface area (Å²) < 4.78 is 21.2. The normalized spacial score (nSPS) is 30.0. The maximum atomic E-state index is 9.97. The minimum absolute atomic E-state index is 0.0619. The molecule has 1 fully saturated rings. The number of aliphatic hydroxyl groups is 1. The van der Waals surface area contributed by atoms with Gasteiger partial charge in [0.2, 0.25) is 0 Å². The standard InChI is InChI=1S/C32H50O4Si2/c1-11-15-28-31(36-37(6,7)8,20-18-27-16-13-12-14-17-27)24-30(25-34-38(9,10)29(3,4)5)21-22-32(28,35-30)26(2)19-23-33/h11-14,16-17,21-22,26,28,33H,1,15,19,23-25H2,2-10H3/t26-,28-,30+,31-,32+/m1/s1. The summed E-state index contributed by atoms with van der Waals surface area (Å²) in [5, 5.41) is 10.1. The van der Waals surface area contributed by atoms with Crippen molar-refractivity contribution in [1.29, 1.82) is 0 Å². The van der Waals surface area contributed by atoms with Gasteiger partial charge in [-0.15, -0.1) is 6.58 Å². The predicted octanol–water partition coefficient (Wildman–Crippen LogP) is 7.33. The van der Waals surface area contributed by atoms with Crippen LogP contribution >= 0.6 is 0 Å². The van der Waals surface area contributed by atoms with Crippen molar-refractivity contribution in [3.8, 4) is 11.8 Å². The van der Waals surface area contributed by atoms with Crippen LogP contribution in [0, 0.1) is 23.7 Å². The molecule has 1 saturated heterocycles. The van der Waals surface area contributed by atoms with Crippen LogP contribution in [-0.2, 0) is 13.6 Å². The van der Waals surface area contributed by atoms with Crippen molar-refractivity contribution in [2.24, 2.45) is 11.8 Å². The van der Waals surface area contributed by atoms with Gasteiger partial charge in [0.05, 0.1) is 12.2 Å². The summed E-state index contributed by atoms with van der Waals surface area (Å²) in [5.74, 6) is 7.18. The maximum absolute atomic E-state index is 9.97. The lowest BCUT2D eigenvalue weighted by atomic mass is 9.64. The molecule has 210 valence electrons. The van der Waals surface area contributed by atoms with Gasteiger partial charge in [-0.2, -0.15) is 0 Å². The largest absolute Gasteiger partial charge is 0.414 e. The average Bonchev–Trinajstić information content (AvgIpc) is 3.15. The first-order valence-corrected chi connectivity index (χ1v) is 20.4. The minimum Gasteiger partial charge on any atom is -0.414 e. The first-order chi connectivity index (χ1) is 17.5. The molecule has 2 bridgehead atoms. The summed E-state index contributed by atoms with van der Waals surface area (Å²) in [6, 6.07) is 10.1. The van der Waals surface area contributed by atoms with E-state index in [-0.39, 0.29) is 23.5 Å². The Hall–Kier alpha value is -1.47. The van der Waals surface area contributed by atoms with E-state index < -0.39 is 33.4 Å². The van der Waals surface area contributed by atoms with Crippen molar-refractivity contribution in [3.05, 3.63) is 60.7 Å². The van der Waals surface area contributed by atoms with E-state index >= 15 is 0 Å². The Kier molecular flexibility index (Phi) is 9.15. The highest BCUT2D eigenvalue weighted by Crippen LogP contribution is 2.58. The molecule has 0 radical (unpaired) electrons. The number of hydrogen-bond acceptors (Lipinski definition) is 4. The van der Waals surface area contributed by atoms with Gasteiger partial charge in [-0.25, -0.2) is 0 Å². The van der Waals surface area contributed by atoms with Gasteiger partial charge in [0, 0.05) is 24.5 Å². The zero-order valence-corrected chi connectivity index (χ0v) is 27.2. The van der Waals surface area contributed by atoms with Crippen molar-refractivity contribution >= 4 is 16.6 Å². The second kappa shape index (κ2) is 11.2. The highest BCUT2D eigenvalue weighted by molar-refractivity contribution is 6.74. The molecule has 3 rings (SSSR count). The molecule has 0 amide bonds. The van der Waals surface area contributed by atoms with Gasteiger partial charge in [0.25, 0.3) is 0 Å². The Morgan fingerprint density at radius 3 is 2.37 bits per heavy atom. The molecule has 0 saturated carbocycles. The zero-order chi connectivity index (χ0) is 28.5. The highest BCUT2D eigenvalue weighted by Gasteiger charge is 2.66. The van der Waals surface area contributed by atoms with Gasteiger partial charge >= 0.3 is 0 Å². The molecule has 1 aromatic rings. The molecule has 38 heavy (non-hydrogen) atoms. The van der Waals surface area contributed by atoms with Crippen molar-refractivity contribution < 1.29 is 18.7 Å². The molecule has 5 atom stereocenters. The van der Waals surface area contributed by atoms with Crippen LogP contribution in [-0.4, -0.2) is 51.8 Å². The van der Waals surface area contributed by atoms with E-state index in [4.69, 9.17) is 13.6 Å². The van der Waals surface area contributed by atoms with Crippen molar-refractivity contribution in [2.75, 3.05) is 13.2 Å². The number of allylic oxidation sites excluding steroid dienone is 1. The van der Waals surface area contributed by atoms with Crippen LogP contribution in [0.2, 0.25) is 37.8 Å².